The van der Waals surface area contributed by atoms with Crippen molar-refractivity contribution < 1.29 is 9.47 Å². The van der Waals surface area contributed by atoms with E-state index >= 15 is 0 Å². The summed E-state index contributed by atoms with van der Waals surface area (Å²) in [5.41, 5.74) is 3.37. The molecule has 0 bridgehead atoms. The molecule has 6 heteroatoms. The maximum atomic E-state index is 12.9. The summed E-state index contributed by atoms with van der Waals surface area (Å²) in [7, 11) is 0. The first-order chi connectivity index (χ1) is 17.7. The summed E-state index contributed by atoms with van der Waals surface area (Å²) in [6.45, 7) is 3.13. The van der Waals surface area contributed by atoms with Crippen molar-refractivity contribution in [2.24, 2.45) is 0 Å². The van der Waals surface area contributed by atoms with Crippen molar-refractivity contribution in [3.05, 3.63) is 74.9 Å². The van der Waals surface area contributed by atoms with Crippen LogP contribution < -0.4 is 15.0 Å². The fourth-order valence-corrected chi connectivity index (χ4v) is 6.12. The molecule has 1 aliphatic carbocycles. The van der Waals surface area contributed by atoms with Crippen LogP contribution in [0.15, 0.2) is 53.3 Å². The molecule has 188 valence electrons. The Bertz CT molecular complexity index is 1360. The van der Waals surface area contributed by atoms with Gasteiger partial charge in [0.1, 0.15) is 35.4 Å². The largest absolute Gasteiger partial charge is 0.490 e. The van der Waals surface area contributed by atoms with Crippen molar-refractivity contribution in [1.29, 1.82) is 0 Å². The Kier molecular flexibility index (Phi) is 8.01. The van der Waals surface area contributed by atoms with Gasteiger partial charge >= 0.3 is 0 Å². The first-order valence-electron chi connectivity index (χ1n) is 13.2. The first-order valence-corrected chi connectivity index (χ1v) is 14.0. The van der Waals surface area contributed by atoms with Gasteiger partial charge in [-0.3, -0.25) is 4.79 Å². The molecule has 36 heavy (non-hydrogen) atoms. The quantitative estimate of drug-likeness (QED) is 0.222. The number of ether oxygens (including phenoxy) is 2. The van der Waals surface area contributed by atoms with E-state index in [0.29, 0.717) is 19.0 Å². The highest BCUT2D eigenvalue weighted by Crippen LogP contribution is 2.34. The van der Waals surface area contributed by atoms with Crippen LogP contribution in [0.3, 0.4) is 0 Å². The third-order valence-electron chi connectivity index (χ3n) is 6.80. The van der Waals surface area contributed by atoms with Crippen molar-refractivity contribution >= 4 is 21.6 Å². The van der Waals surface area contributed by atoms with Crippen LogP contribution in [0.4, 0.5) is 0 Å². The lowest BCUT2D eigenvalue weighted by atomic mass is 9.97. The summed E-state index contributed by atoms with van der Waals surface area (Å²) in [5, 5.41) is 0.785. The molecule has 2 aromatic carbocycles. The molecule has 0 amide bonds. The average molecular weight is 503 g/mol. The molecule has 0 fully saturated rings. The Morgan fingerprint density at radius 3 is 2.58 bits per heavy atom. The maximum Gasteiger partial charge on any atom is 0.260 e. The number of aromatic nitrogens is 2. The first kappa shape index (κ1) is 24.6. The summed E-state index contributed by atoms with van der Waals surface area (Å²) in [4.78, 5) is 22.9. The molecule has 5 rings (SSSR count). The Labute approximate surface area is 216 Å². The lowest BCUT2D eigenvalue weighted by Crippen LogP contribution is -2.11. The fraction of sp³-hybridized carbons (Fsp3) is 0.400. The highest BCUT2D eigenvalue weighted by molar-refractivity contribution is 7.18. The van der Waals surface area contributed by atoms with Crippen LogP contribution in [-0.2, 0) is 19.3 Å². The highest BCUT2D eigenvalue weighted by atomic mass is 32.1. The number of nitrogens with zero attached hydrogens (tertiary/aromatic N) is 1. The molecule has 2 heterocycles. The van der Waals surface area contributed by atoms with Gasteiger partial charge < -0.3 is 14.5 Å². The number of thiophene rings is 1. The number of aromatic amines is 1. The number of hydrogen-bond acceptors (Lipinski definition) is 5. The zero-order chi connectivity index (χ0) is 24.7. The Morgan fingerprint density at radius 2 is 1.75 bits per heavy atom. The maximum absolute atomic E-state index is 12.9. The van der Waals surface area contributed by atoms with E-state index in [1.54, 1.807) is 11.3 Å². The third kappa shape index (κ3) is 5.81. The molecule has 0 radical (unpaired) electrons. The standard InChI is InChI=1S/C30H34N2O3S/c1-2-3-4-5-9-21-14-16-23(17-15-21)34-18-19-35-24-11-8-10-22(20-24)28-31-29(33)27-25-12-6-7-13-26(25)36-30(27)32-28/h8,10-11,14-17,20H,2-7,9,12-13,18-19H2,1H3,(H,31,32,33). The van der Waals surface area contributed by atoms with Gasteiger partial charge in [-0.15, -0.1) is 11.3 Å². The molecular weight excluding hydrogens is 468 g/mol. The van der Waals surface area contributed by atoms with Gasteiger partial charge in [0.2, 0.25) is 0 Å². The van der Waals surface area contributed by atoms with Crippen molar-refractivity contribution in [3.63, 3.8) is 0 Å². The molecule has 1 N–H and O–H groups in total. The van der Waals surface area contributed by atoms with Crippen LogP contribution in [0.2, 0.25) is 0 Å². The fourth-order valence-electron chi connectivity index (χ4n) is 4.86. The van der Waals surface area contributed by atoms with Crippen molar-refractivity contribution in [2.75, 3.05) is 13.2 Å². The second-order valence-electron chi connectivity index (χ2n) is 9.48. The SMILES string of the molecule is CCCCCCc1ccc(OCCOc2cccc(-c3nc4sc5c(c4c(=O)[nH]3)CCCC5)c2)cc1. The van der Waals surface area contributed by atoms with Crippen LogP contribution in [0, 0.1) is 0 Å². The number of rotatable bonds is 11. The monoisotopic (exact) mass is 502 g/mol. The molecule has 0 unspecified atom stereocenters. The lowest BCUT2D eigenvalue weighted by molar-refractivity contribution is 0.217. The van der Waals surface area contributed by atoms with Gasteiger partial charge in [-0.25, -0.2) is 4.98 Å². The number of H-pyrrole nitrogens is 1. The minimum absolute atomic E-state index is 0.0406. The van der Waals surface area contributed by atoms with Gasteiger partial charge in [0.15, 0.2) is 0 Å². The van der Waals surface area contributed by atoms with E-state index in [4.69, 9.17) is 14.5 Å². The van der Waals surface area contributed by atoms with E-state index in [-0.39, 0.29) is 5.56 Å². The van der Waals surface area contributed by atoms with Gasteiger partial charge in [-0.05, 0) is 73.9 Å². The lowest BCUT2D eigenvalue weighted by Gasteiger charge is -2.10. The Morgan fingerprint density at radius 1 is 0.944 bits per heavy atom. The van der Waals surface area contributed by atoms with Gasteiger partial charge in [-0.1, -0.05) is 50.5 Å². The molecular formula is C30H34N2O3S. The number of unbranched alkanes of at least 4 members (excludes halogenated alkanes) is 3. The number of benzene rings is 2. The summed E-state index contributed by atoms with van der Waals surface area (Å²) >= 11 is 1.67. The van der Waals surface area contributed by atoms with E-state index in [9.17, 15) is 4.79 Å². The molecule has 0 atom stereocenters. The molecule has 2 aromatic heterocycles. The topological polar surface area (TPSA) is 64.2 Å². The Balaban J connectivity index is 1.17. The van der Waals surface area contributed by atoms with Gasteiger partial charge in [0, 0.05) is 10.4 Å². The minimum atomic E-state index is -0.0406. The predicted octanol–water partition coefficient (Wildman–Crippen LogP) is 7.11. The zero-order valence-corrected chi connectivity index (χ0v) is 21.8. The van der Waals surface area contributed by atoms with E-state index in [1.165, 1.54) is 48.1 Å². The van der Waals surface area contributed by atoms with Gasteiger partial charge in [0.25, 0.3) is 5.56 Å². The smallest absolute Gasteiger partial charge is 0.260 e. The van der Waals surface area contributed by atoms with E-state index < -0.39 is 0 Å². The van der Waals surface area contributed by atoms with Crippen LogP contribution in [0.25, 0.3) is 21.6 Å². The second-order valence-corrected chi connectivity index (χ2v) is 10.6. The molecule has 1 aliphatic rings. The van der Waals surface area contributed by atoms with Gasteiger partial charge in [-0.2, -0.15) is 0 Å². The summed E-state index contributed by atoms with van der Waals surface area (Å²) in [5.74, 6) is 2.17. The highest BCUT2D eigenvalue weighted by Gasteiger charge is 2.20. The van der Waals surface area contributed by atoms with Gasteiger partial charge in [0.05, 0.1) is 5.39 Å². The van der Waals surface area contributed by atoms with Crippen LogP contribution >= 0.6 is 11.3 Å². The summed E-state index contributed by atoms with van der Waals surface area (Å²) < 4.78 is 11.8. The second kappa shape index (κ2) is 11.7. The number of aryl methyl sites for hydroxylation is 3. The van der Waals surface area contributed by atoms with Crippen LogP contribution in [0.5, 0.6) is 11.5 Å². The third-order valence-corrected chi connectivity index (χ3v) is 7.98. The molecule has 0 spiro atoms. The molecule has 4 aromatic rings. The van der Waals surface area contributed by atoms with Crippen molar-refractivity contribution in [1.82, 2.24) is 9.97 Å². The van der Waals surface area contributed by atoms with E-state index in [1.807, 2.05) is 36.4 Å². The number of hydrogen-bond donors (Lipinski definition) is 1. The van der Waals surface area contributed by atoms with Crippen molar-refractivity contribution in [2.45, 2.75) is 64.7 Å². The van der Waals surface area contributed by atoms with Crippen LogP contribution in [-0.4, -0.2) is 23.2 Å². The molecule has 0 saturated heterocycles. The average Bonchev–Trinajstić information content (AvgIpc) is 3.29. The molecule has 5 nitrogen and oxygen atoms in total. The minimum Gasteiger partial charge on any atom is -0.490 e. The molecule has 0 aliphatic heterocycles. The number of nitrogens with one attached hydrogen (secondary N) is 1. The summed E-state index contributed by atoms with van der Waals surface area (Å²) in [6.07, 6.45) is 10.6. The van der Waals surface area contributed by atoms with E-state index in [2.05, 4.69) is 24.0 Å². The number of fused-ring (bicyclic) bond motifs is 3. The van der Waals surface area contributed by atoms with Crippen LogP contribution in [0.1, 0.15) is 61.5 Å². The van der Waals surface area contributed by atoms with E-state index in [0.717, 1.165) is 53.0 Å². The Hall–Kier alpha value is -3.12. The zero-order valence-electron chi connectivity index (χ0n) is 21.0. The predicted molar refractivity (Wildman–Crippen MR) is 148 cm³/mol. The molecule has 0 saturated carbocycles. The van der Waals surface area contributed by atoms with Crippen molar-refractivity contribution in [3.8, 4) is 22.9 Å². The summed E-state index contributed by atoms with van der Waals surface area (Å²) in [6, 6.07) is 16.1. The normalized spacial score (nSPS) is 13.0.